The van der Waals surface area contributed by atoms with E-state index in [9.17, 15) is 4.79 Å². The van der Waals surface area contributed by atoms with Gasteiger partial charge in [0, 0.05) is 26.2 Å². The molecule has 0 atom stereocenters. The molecule has 0 bridgehead atoms. The van der Waals surface area contributed by atoms with Crippen LogP contribution in [0.4, 0.5) is 5.82 Å². The van der Waals surface area contributed by atoms with Crippen LogP contribution in [0.25, 0.3) is 0 Å². The van der Waals surface area contributed by atoms with E-state index in [0.29, 0.717) is 31.4 Å². The van der Waals surface area contributed by atoms with Gasteiger partial charge < -0.3 is 15.0 Å². The average molecular weight is 396 g/mol. The molecule has 1 aromatic carbocycles. The van der Waals surface area contributed by atoms with Crippen LogP contribution in [0.5, 0.6) is 0 Å². The first kappa shape index (κ1) is 19.8. The molecular weight excluding hydrogens is 366 g/mol. The van der Waals surface area contributed by atoms with Crippen molar-refractivity contribution < 1.29 is 9.53 Å². The maximum Gasteiger partial charge on any atom is 0.271 e. The average Bonchev–Trinajstić information content (AvgIpc) is 2.80. The lowest BCUT2D eigenvalue weighted by molar-refractivity contribution is 0.0929. The molecule has 4 rings (SSSR count). The minimum absolute atomic E-state index is 0.141. The Morgan fingerprint density at radius 1 is 1.00 bits per heavy atom. The molecule has 154 valence electrons. The molecule has 2 fully saturated rings. The molecule has 0 unspecified atom stereocenters. The monoisotopic (exact) mass is 395 g/mol. The van der Waals surface area contributed by atoms with Crippen molar-refractivity contribution in [3.05, 3.63) is 53.7 Å². The molecule has 2 aliphatic heterocycles. The Kier molecular flexibility index (Phi) is 6.69. The van der Waals surface area contributed by atoms with Gasteiger partial charge in [0.1, 0.15) is 0 Å². The third-order valence-corrected chi connectivity index (χ3v) is 5.73. The molecule has 0 spiro atoms. The zero-order chi connectivity index (χ0) is 19.9. The van der Waals surface area contributed by atoms with E-state index in [1.807, 2.05) is 6.07 Å². The van der Waals surface area contributed by atoms with Crippen LogP contribution < -0.4 is 10.2 Å². The van der Waals surface area contributed by atoms with Gasteiger partial charge in [-0.1, -0.05) is 30.3 Å². The molecule has 7 nitrogen and oxygen atoms in total. The molecule has 1 N–H and O–H groups in total. The van der Waals surface area contributed by atoms with Crippen LogP contribution in [0, 0.1) is 5.92 Å². The van der Waals surface area contributed by atoms with E-state index in [1.165, 1.54) is 5.56 Å². The van der Waals surface area contributed by atoms with Crippen molar-refractivity contribution in [2.75, 3.05) is 50.8 Å². The molecule has 2 aromatic rings. The Hall–Kier alpha value is -2.51. The number of piperidine rings is 1. The normalized spacial score (nSPS) is 18.6. The van der Waals surface area contributed by atoms with Crippen LogP contribution in [-0.2, 0) is 11.3 Å². The number of likely N-dealkylation sites (tertiary alicyclic amines) is 1. The van der Waals surface area contributed by atoms with Crippen LogP contribution in [0.3, 0.4) is 0 Å². The van der Waals surface area contributed by atoms with E-state index in [1.54, 1.807) is 6.07 Å². The van der Waals surface area contributed by atoms with E-state index in [2.05, 4.69) is 55.6 Å². The molecule has 0 aliphatic carbocycles. The maximum atomic E-state index is 12.4. The van der Waals surface area contributed by atoms with Crippen molar-refractivity contribution in [2.45, 2.75) is 19.4 Å². The first-order valence-electron chi connectivity index (χ1n) is 10.5. The Balaban J connectivity index is 1.20. The summed E-state index contributed by atoms with van der Waals surface area (Å²) in [6.07, 6.45) is 2.21. The van der Waals surface area contributed by atoms with E-state index in [-0.39, 0.29) is 5.91 Å². The molecule has 0 radical (unpaired) electrons. The largest absolute Gasteiger partial charge is 0.378 e. The maximum absolute atomic E-state index is 12.4. The van der Waals surface area contributed by atoms with Crippen molar-refractivity contribution in [1.29, 1.82) is 0 Å². The van der Waals surface area contributed by atoms with Gasteiger partial charge >= 0.3 is 0 Å². The van der Waals surface area contributed by atoms with Gasteiger partial charge in [0.25, 0.3) is 5.91 Å². The SMILES string of the molecule is O=C(NCC1CCN(Cc2ccccc2)CC1)c1ccc(N2CCOCC2)nn1. The number of ether oxygens (including phenoxy) is 1. The topological polar surface area (TPSA) is 70.6 Å². The zero-order valence-corrected chi connectivity index (χ0v) is 16.8. The first-order valence-corrected chi connectivity index (χ1v) is 10.5. The highest BCUT2D eigenvalue weighted by Crippen LogP contribution is 2.18. The fourth-order valence-electron chi connectivity index (χ4n) is 3.93. The van der Waals surface area contributed by atoms with Gasteiger partial charge in [-0.3, -0.25) is 9.69 Å². The van der Waals surface area contributed by atoms with Crippen LogP contribution in [0.1, 0.15) is 28.9 Å². The summed E-state index contributed by atoms with van der Waals surface area (Å²) in [6, 6.07) is 14.2. The van der Waals surface area contributed by atoms with Crippen molar-refractivity contribution in [3.63, 3.8) is 0 Å². The number of benzene rings is 1. The minimum atomic E-state index is -0.141. The number of amides is 1. The number of hydrogen-bond donors (Lipinski definition) is 1. The van der Waals surface area contributed by atoms with Crippen LogP contribution in [0.2, 0.25) is 0 Å². The molecule has 7 heteroatoms. The predicted octanol–water partition coefficient (Wildman–Crippen LogP) is 1.96. The number of rotatable bonds is 6. The lowest BCUT2D eigenvalue weighted by atomic mass is 9.96. The summed E-state index contributed by atoms with van der Waals surface area (Å²) in [5, 5.41) is 11.4. The fourth-order valence-corrected chi connectivity index (χ4v) is 3.93. The summed E-state index contributed by atoms with van der Waals surface area (Å²) in [7, 11) is 0. The lowest BCUT2D eigenvalue weighted by Crippen LogP contribution is -2.38. The highest BCUT2D eigenvalue weighted by molar-refractivity contribution is 5.92. The first-order chi connectivity index (χ1) is 14.3. The van der Waals surface area contributed by atoms with Gasteiger partial charge in [0.05, 0.1) is 13.2 Å². The lowest BCUT2D eigenvalue weighted by Gasteiger charge is -2.32. The Labute approximate surface area is 172 Å². The summed E-state index contributed by atoms with van der Waals surface area (Å²) in [5.74, 6) is 1.18. The van der Waals surface area contributed by atoms with Crippen molar-refractivity contribution >= 4 is 11.7 Å². The molecular formula is C22H29N5O2. The molecule has 3 heterocycles. The fraction of sp³-hybridized carbons (Fsp3) is 0.500. The highest BCUT2D eigenvalue weighted by Gasteiger charge is 2.20. The number of nitrogens with zero attached hydrogens (tertiary/aromatic N) is 4. The molecule has 1 amide bonds. The number of anilines is 1. The second kappa shape index (κ2) is 9.80. The predicted molar refractivity (Wildman–Crippen MR) is 112 cm³/mol. The quantitative estimate of drug-likeness (QED) is 0.806. The molecule has 29 heavy (non-hydrogen) atoms. The molecule has 0 saturated carbocycles. The standard InChI is InChI=1S/C22H29N5O2/c28-22(20-6-7-21(25-24-20)27-12-14-29-15-13-27)23-16-18-8-10-26(11-9-18)17-19-4-2-1-3-5-19/h1-7,18H,8-17H2,(H,23,28). The molecule has 1 aromatic heterocycles. The summed E-state index contributed by atoms with van der Waals surface area (Å²) in [5.41, 5.74) is 1.74. The Morgan fingerprint density at radius 3 is 2.45 bits per heavy atom. The summed E-state index contributed by atoms with van der Waals surface area (Å²) in [6.45, 7) is 6.87. The molecule has 2 saturated heterocycles. The van der Waals surface area contributed by atoms with Gasteiger partial charge in [-0.05, 0) is 49.5 Å². The number of carbonyl (C=O) groups is 1. The minimum Gasteiger partial charge on any atom is -0.378 e. The van der Waals surface area contributed by atoms with Gasteiger partial charge in [-0.2, -0.15) is 0 Å². The highest BCUT2D eigenvalue weighted by atomic mass is 16.5. The number of aromatic nitrogens is 2. The van der Waals surface area contributed by atoms with Gasteiger partial charge in [-0.25, -0.2) is 0 Å². The van der Waals surface area contributed by atoms with Crippen LogP contribution >= 0.6 is 0 Å². The number of carbonyl (C=O) groups excluding carboxylic acids is 1. The van der Waals surface area contributed by atoms with E-state index < -0.39 is 0 Å². The van der Waals surface area contributed by atoms with Crippen molar-refractivity contribution in [2.24, 2.45) is 5.92 Å². The number of morpholine rings is 1. The third kappa shape index (κ3) is 5.52. The molecule has 2 aliphatic rings. The third-order valence-electron chi connectivity index (χ3n) is 5.73. The Bertz CT molecular complexity index is 770. The van der Waals surface area contributed by atoms with E-state index in [4.69, 9.17) is 4.74 Å². The number of hydrogen-bond acceptors (Lipinski definition) is 6. The zero-order valence-electron chi connectivity index (χ0n) is 16.8. The van der Waals surface area contributed by atoms with Crippen molar-refractivity contribution in [3.8, 4) is 0 Å². The Morgan fingerprint density at radius 2 is 1.76 bits per heavy atom. The second-order valence-electron chi connectivity index (χ2n) is 7.79. The van der Waals surface area contributed by atoms with E-state index >= 15 is 0 Å². The van der Waals surface area contributed by atoms with E-state index in [0.717, 1.165) is 51.4 Å². The van der Waals surface area contributed by atoms with Gasteiger partial charge in [0.15, 0.2) is 11.5 Å². The second-order valence-corrected chi connectivity index (χ2v) is 7.79. The van der Waals surface area contributed by atoms with Gasteiger partial charge in [-0.15, -0.1) is 10.2 Å². The van der Waals surface area contributed by atoms with Gasteiger partial charge in [0.2, 0.25) is 0 Å². The van der Waals surface area contributed by atoms with Crippen molar-refractivity contribution in [1.82, 2.24) is 20.4 Å². The summed E-state index contributed by atoms with van der Waals surface area (Å²) < 4.78 is 5.35. The number of nitrogens with one attached hydrogen (secondary N) is 1. The van der Waals surface area contributed by atoms with Crippen LogP contribution in [-0.4, -0.2) is 66.9 Å². The summed E-state index contributed by atoms with van der Waals surface area (Å²) >= 11 is 0. The smallest absolute Gasteiger partial charge is 0.271 e. The summed E-state index contributed by atoms with van der Waals surface area (Å²) in [4.78, 5) is 17.0. The van der Waals surface area contributed by atoms with Crippen LogP contribution in [0.15, 0.2) is 42.5 Å².